The van der Waals surface area contributed by atoms with Gasteiger partial charge in [-0.05, 0) is 48.7 Å². The maximum absolute atomic E-state index is 10.6. The van der Waals surface area contributed by atoms with Gasteiger partial charge in [-0.1, -0.05) is 12.2 Å². The molecule has 6 nitrogen and oxygen atoms in total. The standard InChI is InChI=1S/C21H26O6/c1-5-6-13-8-16(20(23)17(9-13)25-2)15(12-22)7-14-10-18(26-3)21(24)19(11-14)27-4/h5-6,8-11,15,22-24H,7,12H2,1-4H3/b6-5+. The summed E-state index contributed by atoms with van der Waals surface area (Å²) in [5.74, 6) is 0.449. The summed E-state index contributed by atoms with van der Waals surface area (Å²) in [7, 11) is 4.40. The highest BCUT2D eigenvalue weighted by atomic mass is 16.5. The Bertz CT molecular complexity index is 788. The monoisotopic (exact) mass is 374 g/mol. The van der Waals surface area contributed by atoms with Crippen molar-refractivity contribution in [1.82, 2.24) is 0 Å². The molecule has 0 fully saturated rings. The van der Waals surface area contributed by atoms with E-state index in [1.165, 1.54) is 21.3 Å². The van der Waals surface area contributed by atoms with Crippen LogP contribution in [-0.2, 0) is 6.42 Å². The van der Waals surface area contributed by atoms with Gasteiger partial charge in [0, 0.05) is 11.5 Å². The summed E-state index contributed by atoms with van der Waals surface area (Å²) in [5, 5.41) is 30.6. The van der Waals surface area contributed by atoms with Crippen LogP contribution >= 0.6 is 0 Å². The Morgan fingerprint density at radius 3 is 1.93 bits per heavy atom. The molecule has 146 valence electrons. The van der Waals surface area contributed by atoms with E-state index in [-0.39, 0.29) is 35.5 Å². The van der Waals surface area contributed by atoms with E-state index in [0.29, 0.717) is 17.7 Å². The lowest BCUT2D eigenvalue weighted by Crippen LogP contribution is -2.09. The first-order chi connectivity index (χ1) is 13.0. The number of allylic oxidation sites excluding steroid dienone is 1. The van der Waals surface area contributed by atoms with E-state index in [0.717, 1.165) is 11.1 Å². The first-order valence-corrected chi connectivity index (χ1v) is 8.57. The first-order valence-electron chi connectivity index (χ1n) is 8.57. The highest BCUT2D eigenvalue weighted by molar-refractivity contribution is 5.60. The summed E-state index contributed by atoms with van der Waals surface area (Å²) >= 11 is 0. The van der Waals surface area contributed by atoms with Crippen LogP contribution in [0, 0.1) is 0 Å². The molecule has 2 aromatic rings. The third kappa shape index (κ3) is 4.46. The van der Waals surface area contributed by atoms with Crippen molar-refractivity contribution < 1.29 is 29.5 Å². The smallest absolute Gasteiger partial charge is 0.200 e. The van der Waals surface area contributed by atoms with Crippen LogP contribution in [0.25, 0.3) is 6.08 Å². The molecule has 0 saturated carbocycles. The summed E-state index contributed by atoms with van der Waals surface area (Å²) in [5.41, 5.74) is 2.23. The predicted molar refractivity (Wildman–Crippen MR) is 104 cm³/mol. The van der Waals surface area contributed by atoms with Gasteiger partial charge in [-0.3, -0.25) is 0 Å². The number of rotatable bonds is 8. The van der Waals surface area contributed by atoms with Gasteiger partial charge >= 0.3 is 0 Å². The lowest BCUT2D eigenvalue weighted by atomic mass is 9.90. The van der Waals surface area contributed by atoms with E-state index in [9.17, 15) is 15.3 Å². The molecule has 2 aromatic carbocycles. The molecule has 0 aromatic heterocycles. The fourth-order valence-corrected chi connectivity index (χ4v) is 3.03. The van der Waals surface area contributed by atoms with Crippen molar-refractivity contribution in [3.05, 3.63) is 47.0 Å². The van der Waals surface area contributed by atoms with Crippen molar-refractivity contribution in [2.75, 3.05) is 27.9 Å². The number of ether oxygens (including phenoxy) is 3. The van der Waals surface area contributed by atoms with Crippen molar-refractivity contribution in [2.45, 2.75) is 19.3 Å². The summed E-state index contributed by atoms with van der Waals surface area (Å²) in [4.78, 5) is 0. The molecule has 2 rings (SSSR count). The average molecular weight is 374 g/mol. The molecule has 0 saturated heterocycles. The van der Waals surface area contributed by atoms with Gasteiger partial charge in [-0.15, -0.1) is 0 Å². The minimum Gasteiger partial charge on any atom is -0.504 e. The third-order valence-corrected chi connectivity index (χ3v) is 4.39. The van der Waals surface area contributed by atoms with E-state index >= 15 is 0 Å². The van der Waals surface area contributed by atoms with E-state index < -0.39 is 0 Å². The summed E-state index contributed by atoms with van der Waals surface area (Å²) < 4.78 is 15.6. The van der Waals surface area contributed by atoms with Crippen LogP contribution < -0.4 is 14.2 Å². The molecule has 27 heavy (non-hydrogen) atoms. The number of methoxy groups -OCH3 is 3. The Labute approximate surface area is 159 Å². The molecule has 0 bridgehead atoms. The minimum absolute atomic E-state index is 0.00233. The molecule has 0 amide bonds. The fourth-order valence-electron chi connectivity index (χ4n) is 3.03. The number of phenolic OH excluding ortho intramolecular Hbond substituents is 2. The van der Waals surface area contributed by atoms with Crippen molar-refractivity contribution in [2.24, 2.45) is 0 Å². The topological polar surface area (TPSA) is 88.4 Å². The zero-order valence-electron chi connectivity index (χ0n) is 16.0. The Kier molecular flexibility index (Phi) is 6.96. The van der Waals surface area contributed by atoms with Gasteiger partial charge in [0.2, 0.25) is 5.75 Å². The second kappa shape index (κ2) is 9.19. The molecule has 6 heteroatoms. The van der Waals surface area contributed by atoms with Crippen molar-refractivity contribution in [3.63, 3.8) is 0 Å². The zero-order chi connectivity index (χ0) is 20.0. The summed E-state index contributed by atoms with van der Waals surface area (Å²) in [6.07, 6.45) is 4.19. The minimum atomic E-state index is -0.386. The van der Waals surface area contributed by atoms with Gasteiger partial charge in [-0.25, -0.2) is 0 Å². The van der Waals surface area contributed by atoms with Crippen molar-refractivity contribution >= 4 is 6.08 Å². The number of hydrogen-bond acceptors (Lipinski definition) is 6. The fraction of sp³-hybridized carbons (Fsp3) is 0.333. The average Bonchev–Trinajstić information content (AvgIpc) is 2.68. The van der Waals surface area contributed by atoms with Crippen LogP contribution in [0.15, 0.2) is 30.3 Å². The third-order valence-electron chi connectivity index (χ3n) is 4.39. The first kappa shape index (κ1) is 20.5. The number of aromatic hydroxyl groups is 2. The molecule has 0 spiro atoms. The molecule has 1 unspecified atom stereocenters. The quantitative estimate of drug-likeness (QED) is 0.656. The van der Waals surface area contributed by atoms with Crippen molar-refractivity contribution in [1.29, 1.82) is 0 Å². The van der Waals surface area contributed by atoms with E-state index in [2.05, 4.69) is 0 Å². The summed E-state index contributed by atoms with van der Waals surface area (Å²) in [6.45, 7) is 1.72. The van der Waals surface area contributed by atoms with E-state index in [1.54, 1.807) is 18.2 Å². The molecule has 1 atom stereocenters. The van der Waals surface area contributed by atoms with Gasteiger partial charge in [-0.2, -0.15) is 0 Å². The Balaban J connectivity index is 2.47. The largest absolute Gasteiger partial charge is 0.504 e. The highest BCUT2D eigenvalue weighted by Gasteiger charge is 2.21. The van der Waals surface area contributed by atoms with Gasteiger partial charge < -0.3 is 29.5 Å². The van der Waals surface area contributed by atoms with Crippen LogP contribution in [0.3, 0.4) is 0 Å². The Morgan fingerprint density at radius 2 is 1.44 bits per heavy atom. The predicted octanol–water partition coefficient (Wildman–Crippen LogP) is 3.48. The lowest BCUT2D eigenvalue weighted by Gasteiger charge is -2.20. The number of hydrogen-bond donors (Lipinski definition) is 3. The normalized spacial score (nSPS) is 12.2. The van der Waals surface area contributed by atoms with Crippen LogP contribution in [-0.4, -0.2) is 43.3 Å². The van der Waals surface area contributed by atoms with Crippen LogP contribution in [0.5, 0.6) is 28.7 Å². The number of aliphatic hydroxyl groups is 1. The molecular weight excluding hydrogens is 348 g/mol. The van der Waals surface area contributed by atoms with Crippen LogP contribution in [0.1, 0.15) is 29.5 Å². The SMILES string of the molecule is C/C=C/c1cc(OC)c(O)c(C(CO)Cc2cc(OC)c(O)c(OC)c2)c1. The molecule has 0 heterocycles. The van der Waals surface area contributed by atoms with Crippen LogP contribution in [0.4, 0.5) is 0 Å². The zero-order valence-corrected chi connectivity index (χ0v) is 16.0. The highest BCUT2D eigenvalue weighted by Crippen LogP contribution is 2.41. The molecule has 0 aliphatic rings. The van der Waals surface area contributed by atoms with Gasteiger partial charge in [0.05, 0.1) is 27.9 Å². The van der Waals surface area contributed by atoms with Gasteiger partial charge in [0.1, 0.15) is 0 Å². The Morgan fingerprint density at radius 1 is 0.889 bits per heavy atom. The number of aliphatic hydroxyl groups excluding tert-OH is 1. The second-order valence-electron chi connectivity index (χ2n) is 6.09. The molecule has 0 aliphatic carbocycles. The number of phenols is 2. The molecular formula is C21H26O6. The van der Waals surface area contributed by atoms with Gasteiger partial charge in [0.25, 0.3) is 0 Å². The lowest BCUT2D eigenvalue weighted by molar-refractivity contribution is 0.260. The summed E-state index contributed by atoms with van der Waals surface area (Å²) in [6, 6.07) is 6.93. The van der Waals surface area contributed by atoms with Gasteiger partial charge in [0.15, 0.2) is 23.0 Å². The van der Waals surface area contributed by atoms with E-state index in [4.69, 9.17) is 14.2 Å². The maximum Gasteiger partial charge on any atom is 0.200 e. The maximum atomic E-state index is 10.6. The number of benzene rings is 2. The molecule has 0 aliphatic heterocycles. The second-order valence-corrected chi connectivity index (χ2v) is 6.09. The van der Waals surface area contributed by atoms with E-state index in [1.807, 2.05) is 25.1 Å². The van der Waals surface area contributed by atoms with Crippen molar-refractivity contribution in [3.8, 4) is 28.7 Å². The van der Waals surface area contributed by atoms with Crippen LogP contribution in [0.2, 0.25) is 0 Å². The molecule has 3 N–H and O–H groups in total. The molecule has 0 radical (unpaired) electrons. The Hall–Kier alpha value is -2.86.